The van der Waals surface area contributed by atoms with E-state index >= 15 is 0 Å². The van der Waals surface area contributed by atoms with Crippen molar-refractivity contribution < 1.29 is 0 Å². The van der Waals surface area contributed by atoms with Gasteiger partial charge in [-0.05, 0) is 43.9 Å². The van der Waals surface area contributed by atoms with E-state index in [1.165, 1.54) is 36.2 Å². The van der Waals surface area contributed by atoms with Gasteiger partial charge in [0.05, 0.1) is 0 Å². The summed E-state index contributed by atoms with van der Waals surface area (Å²) in [5.74, 6) is 0.815. The average molecular weight is 232 g/mol. The van der Waals surface area contributed by atoms with Gasteiger partial charge in [-0.15, -0.1) is 0 Å². The van der Waals surface area contributed by atoms with Crippen molar-refractivity contribution >= 4 is 0 Å². The van der Waals surface area contributed by atoms with Gasteiger partial charge in [-0.3, -0.25) is 4.90 Å². The molecule has 2 unspecified atom stereocenters. The van der Waals surface area contributed by atoms with Crippen molar-refractivity contribution in [2.24, 2.45) is 11.7 Å². The van der Waals surface area contributed by atoms with Gasteiger partial charge in [0.25, 0.3) is 0 Å². The smallest absolute Gasteiger partial charge is 0.0473 e. The molecule has 17 heavy (non-hydrogen) atoms. The van der Waals surface area contributed by atoms with Crippen molar-refractivity contribution in [3.63, 3.8) is 0 Å². The number of benzene rings is 1. The van der Waals surface area contributed by atoms with Crippen molar-refractivity contribution in [2.45, 2.75) is 33.2 Å². The number of likely N-dealkylation sites (tertiary alicyclic amines) is 1. The van der Waals surface area contributed by atoms with Gasteiger partial charge in [0.2, 0.25) is 0 Å². The molecule has 94 valence electrons. The standard InChI is InChI=1S/C15H24N2/c1-11-4-5-14(13(3)8-11)15(9-16)17-7-6-12(2)10-17/h4-5,8,12,15H,6-7,9-10,16H2,1-3H3. The Balaban J connectivity index is 2.23. The van der Waals surface area contributed by atoms with E-state index in [-0.39, 0.29) is 0 Å². The third-order valence-corrected chi connectivity index (χ3v) is 3.90. The minimum atomic E-state index is 0.403. The van der Waals surface area contributed by atoms with Crippen molar-refractivity contribution in [3.05, 3.63) is 34.9 Å². The zero-order valence-electron chi connectivity index (χ0n) is 11.2. The fourth-order valence-corrected chi connectivity index (χ4v) is 2.92. The molecule has 0 aliphatic carbocycles. The van der Waals surface area contributed by atoms with E-state index in [0.717, 1.165) is 12.5 Å². The summed E-state index contributed by atoms with van der Waals surface area (Å²) in [6.07, 6.45) is 1.31. The Morgan fingerprint density at radius 3 is 2.71 bits per heavy atom. The molecule has 0 radical (unpaired) electrons. The lowest BCUT2D eigenvalue weighted by atomic mass is 9.98. The maximum absolute atomic E-state index is 6.00. The van der Waals surface area contributed by atoms with E-state index in [0.29, 0.717) is 6.04 Å². The lowest BCUT2D eigenvalue weighted by molar-refractivity contribution is 0.243. The van der Waals surface area contributed by atoms with Crippen molar-refractivity contribution in [3.8, 4) is 0 Å². The third kappa shape index (κ3) is 2.70. The SMILES string of the molecule is Cc1ccc(C(CN)N2CCC(C)C2)c(C)c1. The van der Waals surface area contributed by atoms with Crippen LogP contribution in [0, 0.1) is 19.8 Å². The second kappa shape index (κ2) is 5.19. The van der Waals surface area contributed by atoms with Crippen LogP contribution in [0.25, 0.3) is 0 Å². The lowest BCUT2D eigenvalue weighted by Crippen LogP contribution is -2.32. The van der Waals surface area contributed by atoms with Gasteiger partial charge in [0, 0.05) is 19.1 Å². The Labute approximate surface area is 105 Å². The first-order valence-corrected chi connectivity index (χ1v) is 6.63. The fraction of sp³-hybridized carbons (Fsp3) is 0.600. The highest BCUT2D eigenvalue weighted by atomic mass is 15.2. The van der Waals surface area contributed by atoms with E-state index < -0.39 is 0 Å². The molecule has 2 N–H and O–H groups in total. The molecule has 2 nitrogen and oxygen atoms in total. The van der Waals surface area contributed by atoms with Crippen LogP contribution < -0.4 is 5.73 Å². The van der Waals surface area contributed by atoms with Gasteiger partial charge in [0.1, 0.15) is 0 Å². The molecule has 2 atom stereocenters. The van der Waals surface area contributed by atoms with Crippen LogP contribution >= 0.6 is 0 Å². The Bertz CT molecular complexity index is 387. The average Bonchev–Trinajstić information content (AvgIpc) is 2.69. The predicted molar refractivity (Wildman–Crippen MR) is 73.1 cm³/mol. The number of aryl methyl sites for hydroxylation is 2. The van der Waals surface area contributed by atoms with Crippen molar-refractivity contribution in [1.29, 1.82) is 0 Å². The molecular weight excluding hydrogens is 208 g/mol. The Morgan fingerprint density at radius 2 is 2.18 bits per heavy atom. The minimum Gasteiger partial charge on any atom is -0.329 e. The molecule has 1 aliphatic heterocycles. The second-order valence-electron chi connectivity index (χ2n) is 5.50. The van der Waals surface area contributed by atoms with Crippen LogP contribution in [0.5, 0.6) is 0 Å². The molecule has 0 aromatic heterocycles. The van der Waals surface area contributed by atoms with Crippen LogP contribution in [0.4, 0.5) is 0 Å². The van der Waals surface area contributed by atoms with Gasteiger partial charge < -0.3 is 5.73 Å². The van der Waals surface area contributed by atoms with E-state index in [1.807, 2.05) is 0 Å². The minimum absolute atomic E-state index is 0.403. The second-order valence-corrected chi connectivity index (χ2v) is 5.50. The first kappa shape index (κ1) is 12.6. The number of nitrogens with zero attached hydrogens (tertiary/aromatic N) is 1. The van der Waals surface area contributed by atoms with Crippen molar-refractivity contribution in [1.82, 2.24) is 4.90 Å². The molecule has 0 spiro atoms. The molecule has 1 aromatic carbocycles. The van der Waals surface area contributed by atoms with Crippen molar-refractivity contribution in [2.75, 3.05) is 19.6 Å². The molecule has 0 bridgehead atoms. The zero-order valence-corrected chi connectivity index (χ0v) is 11.2. The maximum atomic E-state index is 6.00. The normalized spacial score (nSPS) is 22.9. The van der Waals surface area contributed by atoms with E-state index in [9.17, 15) is 0 Å². The van der Waals surface area contributed by atoms with Crippen LogP contribution in [0.15, 0.2) is 18.2 Å². The monoisotopic (exact) mass is 232 g/mol. The molecule has 1 aromatic rings. The summed E-state index contributed by atoms with van der Waals surface area (Å²) in [4.78, 5) is 2.54. The Hall–Kier alpha value is -0.860. The number of hydrogen-bond donors (Lipinski definition) is 1. The van der Waals surface area contributed by atoms with Crippen LogP contribution in [-0.2, 0) is 0 Å². The Kier molecular flexibility index (Phi) is 3.85. The quantitative estimate of drug-likeness (QED) is 0.868. The summed E-state index contributed by atoms with van der Waals surface area (Å²) in [5.41, 5.74) is 10.1. The lowest BCUT2D eigenvalue weighted by Gasteiger charge is -2.28. The molecule has 0 amide bonds. The van der Waals surface area contributed by atoms with Crippen LogP contribution in [0.2, 0.25) is 0 Å². The number of hydrogen-bond acceptors (Lipinski definition) is 2. The number of nitrogens with two attached hydrogens (primary N) is 1. The van der Waals surface area contributed by atoms with Gasteiger partial charge in [-0.1, -0.05) is 30.7 Å². The van der Waals surface area contributed by atoms with Gasteiger partial charge in [0.15, 0.2) is 0 Å². The summed E-state index contributed by atoms with van der Waals surface area (Å²) < 4.78 is 0. The van der Waals surface area contributed by atoms with Crippen LogP contribution in [-0.4, -0.2) is 24.5 Å². The summed E-state index contributed by atoms with van der Waals surface area (Å²) in [6.45, 7) is 9.77. The van der Waals surface area contributed by atoms with E-state index in [1.54, 1.807) is 0 Å². The zero-order chi connectivity index (χ0) is 12.4. The molecule has 1 fully saturated rings. The highest BCUT2D eigenvalue weighted by Gasteiger charge is 2.26. The number of rotatable bonds is 3. The molecule has 2 rings (SSSR count). The molecule has 1 aliphatic rings. The summed E-state index contributed by atoms with van der Waals surface area (Å²) in [6, 6.07) is 7.12. The van der Waals surface area contributed by atoms with E-state index in [4.69, 9.17) is 5.73 Å². The molecule has 2 heteroatoms. The summed E-state index contributed by atoms with van der Waals surface area (Å²) >= 11 is 0. The van der Waals surface area contributed by atoms with Crippen LogP contribution in [0.1, 0.15) is 36.1 Å². The molecule has 1 heterocycles. The first-order valence-electron chi connectivity index (χ1n) is 6.63. The maximum Gasteiger partial charge on any atom is 0.0473 e. The largest absolute Gasteiger partial charge is 0.329 e. The van der Waals surface area contributed by atoms with E-state index in [2.05, 4.69) is 43.9 Å². The first-order chi connectivity index (χ1) is 8.11. The third-order valence-electron chi connectivity index (χ3n) is 3.90. The summed E-state index contributed by atoms with van der Waals surface area (Å²) in [5, 5.41) is 0. The van der Waals surface area contributed by atoms with Gasteiger partial charge in [-0.2, -0.15) is 0 Å². The highest BCUT2D eigenvalue weighted by molar-refractivity contribution is 5.33. The molecule has 1 saturated heterocycles. The van der Waals surface area contributed by atoms with Gasteiger partial charge in [-0.25, -0.2) is 0 Å². The summed E-state index contributed by atoms with van der Waals surface area (Å²) in [7, 11) is 0. The molecular formula is C15H24N2. The molecule has 0 saturated carbocycles. The topological polar surface area (TPSA) is 29.3 Å². The highest BCUT2D eigenvalue weighted by Crippen LogP contribution is 2.28. The van der Waals surface area contributed by atoms with Gasteiger partial charge >= 0.3 is 0 Å². The van der Waals surface area contributed by atoms with Crippen LogP contribution in [0.3, 0.4) is 0 Å². The Morgan fingerprint density at radius 1 is 1.41 bits per heavy atom. The predicted octanol–water partition coefficient (Wildman–Crippen LogP) is 2.65. The fourth-order valence-electron chi connectivity index (χ4n) is 2.92.